The van der Waals surface area contributed by atoms with Crippen molar-refractivity contribution in [3.63, 3.8) is 0 Å². The largest absolute Gasteiger partial charge is 0.342 e. The number of carbonyl (C=O) groups is 1. The van der Waals surface area contributed by atoms with Crippen molar-refractivity contribution in [2.45, 2.75) is 25.2 Å². The summed E-state index contributed by atoms with van der Waals surface area (Å²) in [6.07, 6.45) is 2.69. The first-order valence-electron chi connectivity index (χ1n) is 8.44. The lowest BCUT2D eigenvalue weighted by atomic mass is 9.71. The van der Waals surface area contributed by atoms with Gasteiger partial charge in [-0.05, 0) is 36.7 Å². The number of nitrogens with zero attached hydrogens (tertiary/aromatic N) is 1. The highest BCUT2D eigenvalue weighted by atomic mass is 32.2. The molecule has 130 valence electrons. The van der Waals surface area contributed by atoms with Crippen molar-refractivity contribution >= 4 is 15.9 Å². The van der Waals surface area contributed by atoms with Gasteiger partial charge in [-0.15, -0.1) is 0 Å². The molecular weight excluding hydrogens is 324 g/mol. The second-order valence-electron chi connectivity index (χ2n) is 6.78. The molecule has 1 aliphatic heterocycles. The number of nitrogens with one attached hydrogen (secondary N) is 1. The number of hydrogen-bond acceptors (Lipinski definition) is 3. The van der Waals surface area contributed by atoms with Gasteiger partial charge >= 0.3 is 0 Å². The number of benzene rings is 1. The average molecular weight is 348 g/mol. The van der Waals surface area contributed by atoms with Gasteiger partial charge in [0.15, 0.2) is 0 Å². The minimum Gasteiger partial charge on any atom is -0.342 e. The zero-order chi connectivity index (χ0) is 17.2. The van der Waals surface area contributed by atoms with Crippen molar-refractivity contribution in [2.75, 3.05) is 19.6 Å². The van der Waals surface area contributed by atoms with E-state index in [4.69, 9.17) is 0 Å². The van der Waals surface area contributed by atoms with Crippen molar-refractivity contribution in [3.05, 3.63) is 47.9 Å². The maximum Gasteiger partial charge on any atom is 0.233 e. The molecular formula is C18H24N2O3S. The van der Waals surface area contributed by atoms with Crippen molar-refractivity contribution in [2.24, 2.45) is 11.8 Å². The van der Waals surface area contributed by atoms with Crippen LogP contribution in [0.2, 0.25) is 0 Å². The molecule has 24 heavy (non-hydrogen) atoms. The van der Waals surface area contributed by atoms with Gasteiger partial charge in [-0.3, -0.25) is 4.79 Å². The Hall–Kier alpha value is -1.66. The molecule has 1 saturated carbocycles. The number of rotatable bonds is 6. The van der Waals surface area contributed by atoms with E-state index < -0.39 is 10.0 Å². The molecule has 0 spiro atoms. The molecule has 1 aromatic carbocycles. The molecule has 1 heterocycles. The Morgan fingerprint density at radius 2 is 2.00 bits per heavy atom. The van der Waals surface area contributed by atoms with Crippen LogP contribution >= 0.6 is 0 Å². The molecule has 0 aromatic heterocycles. The molecule has 2 fully saturated rings. The number of sulfonamides is 1. The summed E-state index contributed by atoms with van der Waals surface area (Å²) in [5.74, 6) is 1.04. The van der Waals surface area contributed by atoms with E-state index in [1.165, 1.54) is 5.56 Å². The van der Waals surface area contributed by atoms with Gasteiger partial charge in [-0.2, -0.15) is 0 Å². The Labute approximate surface area is 143 Å². The maximum absolute atomic E-state index is 12.6. The van der Waals surface area contributed by atoms with Crippen LogP contribution in [0.4, 0.5) is 0 Å². The summed E-state index contributed by atoms with van der Waals surface area (Å²) in [6.45, 7) is 5.02. The van der Waals surface area contributed by atoms with E-state index in [9.17, 15) is 13.2 Å². The molecule has 3 rings (SSSR count). The second-order valence-corrected chi connectivity index (χ2v) is 8.49. The molecule has 0 bridgehead atoms. The summed E-state index contributed by atoms with van der Waals surface area (Å²) in [6, 6.07) is 10.3. The van der Waals surface area contributed by atoms with Crippen LogP contribution in [0.5, 0.6) is 0 Å². The number of carbonyl (C=O) groups excluding carboxylic acids is 1. The highest BCUT2D eigenvalue weighted by Crippen LogP contribution is 2.42. The van der Waals surface area contributed by atoms with Crippen LogP contribution in [-0.2, 0) is 14.8 Å². The Morgan fingerprint density at radius 1 is 1.29 bits per heavy atom. The number of amides is 1. The lowest BCUT2D eigenvalue weighted by molar-refractivity contribution is -0.137. The molecule has 5 nitrogen and oxygen atoms in total. The summed E-state index contributed by atoms with van der Waals surface area (Å²) in [5, 5.41) is 0.920. The fourth-order valence-electron chi connectivity index (χ4n) is 3.57. The Balaban J connectivity index is 1.45. The third kappa shape index (κ3) is 3.87. The molecule has 2 aliphatic rings. The average Bonchev–Trinajstić information content (AvgIpc) is 3.02. The lowest BCUT2D eigenvalue weighted by Gasteiger charge is -2.37. The van der Waals surface area contributed by atoms with E-state index in [2.05, 4.69) is 23.4 Å². The zero-order valence-electron chi connectivity index (χ0n) is 13.7. The smallest absolute Gasteiger partial charge is 0.233 e. The zero-order valence-corrected chi connectivity index (χ0v) is 14.5. The first-order valence-corrected chi connectivity index (χ1v) is 9.99. The monoisotopic (exact) mass is 348 g/mol. The highest BCUT2D eigenvalue weighted by Gasteiger charge is 2.39. The fourth-order valence-corrected chi connectivity index (χ4v) is 4.15. The van der Waals surface area contributed by atoms with Gasteiger partial charge in [-0.1, -0.05) is 36.9 Å². The highest BCUT2D eigenvalue weighted by molar-refractivity contribution is 7.92. The summed E-state index contributed by atoms with van der Waals surface area (Å²) >= 11 is 0. The topological polar surface area (TPSA) is 66.5 Å². The molecule has 1 aromatic rings. The minimum absolute atomic E-state index is 0.124. The van der Waals surface area contributed by atoms with Crippen molar-refractivity contribution in [1.82, 2.24) is 9.62 Å². The minimum atomic E-state index is -3.38. The summed E-state index contributed by atoms with van der Waals surface area (Å²) in [4.78, 5) is 14.5. The van der Waals surface area contributed by atoms with Crippen LogP contribution in [0, 0.1) is 11.8 Å². The molecule has 1 saturated heterocycles. The van der Waals surface area contributed by atoms with E-state index in [0.29, 0.717) is 19.0 Å². The van der Waals surface area contributed by atoms with E-state index >= 15 is 0 Å². The quantitative estimate of drug-likeness (QED) is 0.856. The van der Waals surface area contributed by atoms with Gasteiger partial charge in [0.2, 0.25) is 15.9 Å². The fraction of sp³-hybridized carbons (Fsp3) is 0.500. The normalized spacial score (nSPS) is 26.8. The van der Waals surface area contributed by atoms with Crippen LogP contribution in [0.3, 0.4) is 0 Å². The van der Waals surface area contributed by atoms with E-state index in [0.717, 1.165) is 31.2 Å². The van der Waals surface area contributed by atoms with Crippen LogP contribution in [0.25, 0.3) is 0 Å². The van der Waals surface area contributed by atoms with E-state index in [1.807, 2.05) is 23.1 Å². The van der Waals surface area contributed by atoms with Crippen molar-refractivity contribution < 1.29 is 13.2 Å². The predicted molar refractivity (Wildman–Crippen MR) is 93.7 cm³/mol. The Kier molecular flexibility index (Phi) is 5.06. The van der Waals surface area contributed by atoms with Gasteiger partial charge in [-0.25, -0.2) is 13.1 Å². The van der Waals surface area contributed by atoms with Gasteiger partial charge in [0.05, 0.1) is 0 Å². The summed E-state index contributed by atoms with van der Waals surface area (Å²) < 4.78 is 25.3. The van der Waals surface area contributed by atoms with Crippen molar-refractivity contribution in [3.8, 4) is 0 Å². The Bertz CT molecular complexity index is 696. The van der Waals surface area contributed by atoms with Crippen LogP contribution in [0.15, 0.2) is 42.3 Å². The third-order valence-electron chi connectivity index (χ3n) is 5.15. The van der Waals surface area contributed by atoms with Gasteiger partial charge < -0.3 is 4.90 Å². The van der Waals surface area contributed by atoms with Crippen LogP contribution in [-0.4, -0.2) is 38.9 Å². The number of hydrogen-bond donors (Lipinski definition) is 1. The second kappa shape index (κ2) is 7.07. The summed E-state index contributed by atoms with van der Waals surface area (Å²) in [7, 11) is -3.38. The third-order valence-corrected chi connectivity index (χ3v) is 6.16. The van der Waals surface area contributed by atoms with Crippen molar-refractivity contribution in [1.29, 1.82) is 0 Å². The molecule has 1 atom stereocenters. The first-order chi connectivity index (χ1) is 11.5. The van der Waals surface area contributed by atoms with Gasteiger partial charge in [0, 0.05) is 31.0 Å². The lowest BCUT2D eigenvalue weighted by Crippen LogP contribution is -2.40. The molecule has 6 heteroatoms. The molecule has 1 amide bonds. The Morgan fingerprint density at radius 3 is 2.67 bits per heavy atom. The standard InChI is InChI=1S/C18H24N2O3S/c1-2-24(22,23)19-12-14-8-9-20(13-14)18(21)17-10-16(11-17)15-6-4-3-5-7-15/h2-7,14,16-17,19H,1,8-13H2. The molecule has 1 aliphatic carbocycles. The number of likely N-dealkylation sites (tertiary alicyclic amines) is 1. The van der Waals surface area contributed by atoms with E-state index in [-0.39, 0.29) is 17.7 Å². The van der Waals surface area contributed by atoms with Crippen LogP contribution in [0.1, 0.15) is 30.7 Å². The van der Waals surface area contributed by atoms with Crippen LogP contribution < -0.4 is 4.72 Å². The maximum atomic E-state index is 12.6. The SMILES string of the molecule is C=CS(=O)(=O)NCC1CCN(C(=O)C2CC(c3ccccc3)C2)C1. The molecule has 1 unspecified atom stereocenters. The van der Waals surface area contributed by atoms with E-state index in [1.54, 1.807) is 0 Å². The predicted octanol–water partition coefficient (Wildman–Crippen LogP) is 2.09. The van der Waals surface area contributed by atoms with Gasteiger partial charge in [0.25, 0.3) is 0 Å². The van der Waals surface area contributed by atoms with Gasteiger partial charge in [0.1, 0.15) is 0 Å². The molecule has 0 radical (unpaired) electrons. The first kappa shape index (κ1) is 17.2. The summed E-state index contributed by atoms with van der Waals surface area (Å²) in [5.41, 5.74) is 1.32. The molecule has 1 N–H and O–H groups in total.